The Morgan fingerprint density at radius 3 is 2.55 bits per heavy atom. The molecule has 0 fully saturated rings. The summed E-state index contributed by atoms with van der Waals surface area (Å²) in [4.78, 5) is 0. The number of nitrogens with two attached hydrogens (primary N) is 1. The lowest BCUT2D eigenvalue weighted by Crippen LogP contribution is -2.16. The molecule has 4 nitrogen and oxygen atoms in total. The fraction of sp³-hybridized carbons (Fsp3) is 0.500. The molecule has 0 aliphatic carbocycles. The number of ether oxygens (including phenoxy) is 1. The van der Waals surface area contributed by atoms with Gasteiger partial charge < -0.3 is 4.74 Å². The molecule has 0 unspecified atom stereocenters. The monoisotopic (exact) mass is 387 g/mol. The highest BCUT2D eigenvalue weighted by atomic mass is 79.9. The molecule has 8 heteroatoms. The van der Waals surface area contributed by atoms with Gasteiger partial charge in [-0.1, -0.05) is 24.4 Å². The van der Waals surface area contributed by atoms with Gasteiger partial charge in [-0.3, -0.25) is 0 Å². The molecule has 114 valence electrons. The van der Waals surface area contributed by atoms with Gasteiger partial charge in [0.1, 0.15) is 11.6 Å². The van der Waals surface area contributed by atoms with Crippen LogP contribution in [0.15, 0.2) is 16.6 Å². The fourth-order valence-corrected chi connectivity index (χ4v) is 2.92. The third-order valence-corrected chi connectivity index (χ3v) is 4.32. The van der Waals surface area contributed by atoms with Gasteiger partial charge in [-0.05, 0) is 34.8 Å². The van der Waals surface area contributed by atoms with Crippen molar-refractivity contribution >= 4 is 37.6 Å². The SMILES string of the molecule is NS(=O)(=O)CCCCCCOc1cc(F)c(Cl)cc1Br. The van der Waals surface area contributed by atoms with E-state index in [0.29, 0.717) is 23.2 Å². The highest BCUT2D eigenvalue weighted by molar-refractivity contribution is 9.10. The number of hydrogen-bond donors (Lipinski definition) is 1. The minimum absolute atomic E-state index is 0.00179. The molecule has 0 saturated carbocycles. The predicted molar refractivity (Wildman–Crippen MR) is 81.0 cm³/mol. The molecule has 1 aromatic rings. The second kappa shape index (κ2) is 8.17. The Balaban J connectivity index is 2.23. The summed E-state index contributed by atoms with van der Waals surface area (Å²) < 4.78 is 40.7. The highest BCUT2D eigenvalue weighted by Gasteiger charge is 2.07. The lowest BCUT2D eigenvalue weighted by atomic mass is 10.2. The molecule has 0 heterocycles. The molecule has 0 aromatic heterocycles. The van der Waals surface area contributed by atoms with E-state index in [4.69, 9.17) is 21.5 Å². The zero-order valence-corrected chi connectivity index (χ0v) is 13.9. The van der Waals surface area contributed by atoms with Crippen molar-refractivity contribution in [2.75, 3.05) is 12.4 Å². The van der Waals surface area contributed by atoms with E-state index >= 15 is 0 Å². The van der Waals surface area contributed by atoms with Crippen LogP contribution in [0.4, 0.5) is 4.39 Å². The summed E-state index contributed by atoms with van der Waals surface area (Å²) in [5.41, 5.74) is 0. The molecule has 0 spiro atoms. The molecule has 0 bridgehead atoms. The first-order valence-corrected chi connectivity index (χ1v) is 8.96. The quantitative estimate of drug-likeness (QED) is 0.547. The number of rotatable bonds is 8. The Morgan fingerprint density at radius 1 is 1.25 bits per heavy atom. The summed E-state index contributed by atoms with van der Waals surface area (Å²) in [5, 5.41) is 4.93. The van der Waals surface area contributed by atoms with Crippen molar-refractivity contribution < 1.29 is 17.5 Å². The zero-order chi connectivity index (χ0) is 15.2. The molecule has 0 radical (unpaired) electrons. The van der Waals surface area contributed by atoms with E-state index in [-0.39, 0.29) is 10.8 Å². The van der Waals surface area contributed by atoms with E-state index in [0.717, 1.165) is 19.3 Å². The molecule has 0 saturated heterocycles. The predicted octanol–water partition coefficient (Wildman–Crippen LogP) is 3.47. The van der Waals surface area contributed by atoms with Gasteiger partial charge in [-0.25, -0.2) is 17.9 Å². The lowest BCUT2D eigenvalue weighted by molar-refractivity contribution is 0.302. The van der Waals surface area contributed by atoms with E-state index in [2.05, 4.69) is 15.9 Å². The second-order valence-electron chi connectivity index (χ2n) is 4.33. The van der Waals surface area contributed by atoms with Crippen LogP contribution in [0.5, 0.6) is 5.75 Å². The first-order chi connectivity index (χ1) is 9.29. The summed E-state index contributed by atoms with van der Waals surface area (Å²) in [6, 6.07) is 2.67. The van der Waals surface area contributed by atoms with Crippen molar-refractivity contribution in [3.05, 3.63) is 27.4 Å². The molecule has 20 heavy (non-hydrogen) atoms. The summed E-state index contributed by atoms with van der Waals surface area (Å²) in [6.07, 6.45) is 2.87. The number of benzene rings is 1. The Labute approximate surface area is 131 Å². The molecule has 1 aromatic carbocycles. The average molecular weight is 389 g/mol. The normalized spacial score (nSPS) is 11.6. The number of sulfonamides is 1. The average Bonchev–Trinajstić information content (AvgIpc) is 2.32. The zero-order valence-electron chi connectivity index (χ0n) is 10.7. The van der Waals surface area contributed by atoms with Crippen LogP contribution < -0.4 is 9.88 Å². The smallest absolute Gasteiger partial charge is 0.209 e. The van der Waals surface area contributed by atoms with E-state index in [1.54, 1.807) is 0 Å². The van der Waals surface area contributed by atoms with E-state index in [1.165, 1.54) is 12.1 Å². The van der Waals surface area contributed by atoms with Crippen LogP contribution in [-0.2, 0) is 10.0 Å². The van der Waals surface area contributed by atoms with E-state index in [9.17, 15) is 12.8 Å². The Hall–Kier alpha value is -0.370. The van der Waals surface area contributed by atoms with Gasteiger partial charge in [-0.15, -0.1) is 0 Å². The molecule has 0 aliphatic heterocycles. The van der Waals surface area contributed by atoms with Crippen LogP contribution in [0.1, 0.15) is 25.7 Å². The van der Waals surface area contributed by atoms with Crippen LogP contribution >= 0.6 is 27.5 Å². The van der Waals surface area contributed by atoms with Gasteiger partial charge >= 0.3 is 0 Å². The van der Waals surface area contributed by atoms with Crippen molar-refractivity contribution in [2.45, 2.75) is 25.7 Å². The molecular formula is C12H16BrClFNO3S. The summed E-state index contributed by atoms with van der Waals surface area (Å²) in [6.45, 7) is 0.426. The molecule has 0 atom stereocenters. The van der Waals surface area contributed by atoms with Gasteiger partial charge in [-0.2, -0.15) is 0 Å². The number of primary sulfonamides is 1. The second-order valence-corrected chi connectivity index (χ2v) is 7.32. The maximum atomic E-state index is 13.2. The molecule has 1 rings (SSSR count). The first kappa shape index (κ1) is 17.7. The molecule has 2 N–H and O–H groups in total. The summed E-state index contributed by atoms with van der Waals surface area (Å²) >= 11 is 8.86. The first-order valence-electron chi connectivity index (χ1n) is 6.07. The van der Waals surface area contributed by atoms with Crippen molar-refractivity contribution in [1.82, 2.24) is 0 Å². The van der Waals surface area contributed by atoms with Crippen molar-refractivity contribution in [3.63, 3.8) is 0 Å². The lowest BCUT2D eigenvalue weighted by Gasteiger charge is -2.09. The van der Waals surface area contributed by atoms with Gasteiger partial charge in [0.25, 0.3) is 0 Å². The van der Waals surface area contributed by atoms with Crippen molar-refractivity contribution in [1.29, 1.82) is 0 Å². The Kier molecular flexibility index (Phi) is 7.22. The summed E-state index contributed by atoms with van der Waals surface area (Å²) in [5.74, 6) is -0.128. The third kappa shape index (κ3) is 6.88. The van der Waals surface area contributed by atoms with Crippen LogP contribution in [-0.4, -0.2) is 20.8 Å². The fourth-order valence-electron chi connectivity index (χ4n) is 1.56. The minimum Gasteiger partial charge on any atom is -0.492 e. The molecular weight excluding hydrogens is 373 g/mol. The van der Waals surface area contributed by atoms with Crippen LogP contribution in [0, 0.1) is 5.82 Å². The van der Waals surface area contributed by atoms with Crippen LogP contribution in [0.2, 0.25) is 5.02 Å². The maximum absolute atomic E-state index is 13.2. The van der Waals surface area contributed by atoms with Crippen LogP contribution in [0.25, 0.3) is 0 Å². The molecule has 0 amide bonds. The van der Waals surface area contributed by atoms with Gasteiger partial charge in [0, 0.05) is 6.07 Å². The Morgan fingerprint density at radius 2 is 1.90 bits per heavy atom. The standard InChI is InChI=1S/C12H16BrClFNO3S/c13-9-7-10(14)11(15)8-12(9)19-5-3-1-2-4-6-20(16,17)18/h7-8H,1-6H2,(H2,16,17,18). The third-order valence-electron chi connectivity index (χ3n) is 2.56. The highest BCUT2D eigenvalue weighted by Crippen LogP contribution is 2.30. The van der Waals surface area contributed by atoms with Gasteiger partial charge in [0.15, 0.2) is 0 Å². The summed E-state index contributed by atoms with van der Waals surface area (Å²) in [7, 11) is -3.37. The number of hydrogen-bond acceptors (Lipinski definition) is 3. The van der Waals surface area contributed by atoms with E-state index in [1.807, 2.05) is 0 Å². The van der Waals surface area contributed by atoms with Crippen molar-refractivity contribution in [2.24, 2.45) is 5.14 Å². The van der Waals surface area contributed by atoms with Gasteiger partial charge in [0.2, 0.25) is 10.0 Å². The number of halogens is 3. The minimum atomic E-state index is -3.37. The molecule has 0 aliphatic rings. The maximum Gasteiger partial charge on any atom is 0.209 e. The van der Waals surface area contributed by atoms with Crippen LogP contribution in [0.3, 0.4) is 0 Å². The topological polar surface area (TPSA) is 69.4 Å². The van der Waals surface area contributed by atoms with Crippen molar-refractivity contribution in [3.8, 4) is 5.75 Å². The van der Waals surface area contributed by atoms with E-state index < -0.39 is 15.8 Å². The largest absolute Gasteiger partial charge is 0.492 e. The number of unbranched alkanes of at least 4 members (excludes halogenated alkanes) is 3. The van der Waals surface area contributed by atoms with Gasteiger partial charge in [0.05, 0.1) is 21.9 Å². The Bertz CT molecular complexity index is 554.